The zero-order valence-corrected chi connectivity index (χ0v) is 28.9. The summed E-state index contributed by atoms with van der Waals surface area (Å²) in [5.41, 5.74) is 7.40. The molecule has 0 saturated carbocycles. The maximum absolute atomic E-state index is 14.0. The Labute approximate surface area is 289 Å². The molecule has 0 amide bonds. The Morgan fingerprint density at radius 1 is 0.905 bits per heavy atom. The van der Waals surface area contributed by atoms with Gasteiger partial charge in [-0.15, -0.1) is 0 Å². The minimum absolute atomic E-state index is 0. The number of aromatic nitrogens is 1. The van der Waals surface area contributed by atoms with Crippen LogP contribution >= 0.6 is 7.37 Å². The quantitative estimate of drug-likeness (QED) is 0.154. The average molecular weight is 602 g/mol. The first-order valence-corrected chi connectivity index (χ1v) is 14.5. The van der Waals surface area contributed by atoms with Crippen molar-refractivity contribution in [2.45, 2.75) is 32.3 Å². The van der Waals surface area contributed by atoms with Crippen molar-refractivity contribution >= 4 is 13.3 Å². The Morgan fingerprint density at radius 2 is 1.43 bits per heavy atom. The van der Waals surface area contributed by atoms with Gasteiger partial charge in [0, 0.05) is 35.2 Å². The number of hydrogen-bond acceptors (Lipinski definition) is 6. The van der Waals surface area contributed by atoms with Crippen molar-refractivity contribution in [2.75, 3.05) is 6.16 Å². The molecule has 0 spiro atoms. The molecule has 10 heteroatoms. The predicted molar refractivity (Wildman–Crippen MR) is 150 cm³/mol. The molecular formula is C32H27FNNa2O5P. The number of halogens is 1. The molecule has 0 aliphatic heterocycles. The van der Waals surface area contributed by atoms with Gasteiger partial charge in [0.2, 0.25) is 0 Å². The summed E-state index contributed by atoms with van der Waals surface area (Å²) in [7, 11) is -4.54. The molecule has 1 heterocycles. The van der Waals surface area contributed by atoms with E-state index in [0.717, 1.165) is 11.1 Å². The fourth-order valence-corrected chi connectivity index (χ4v) is 5.52. The van der Waals surface area contributed by atoms with Crippen LogP contribution in [0.1, 0.15) is 37.4 Å². The molecule has 6 nitrogen and oxygen atoms in total. The second-order valence-electron chi connectivity index (χ2n) is 9.69. The fourth-order valence-electron chi connectivity index (χ4n) is 4.47. The molecule has 1 unspecified atom stereocenters. The second-order valence-corrected chi connectivity index (χ2v) is 11.6. The van der Waals surface area contributed by atoms with Crippen LogP contribution in [0.4, 0.5) is 4.39 Å². The van der Waals surface area contributed by atoms with Gasteiger partial charge in [-0.3, -0.25) is 4.98 Å². The number of carboxylic acid groups (broad SMARTS) is 1. The number of carbonyl (C=O) groups is 1. The van der Waals surface area contributed by atoms with Gasteiger partial charge in [-0.2, -0.15) is 0 Å². The molecule has 0 saturated heterocycles. The zero-order valence-electron chi connectivity index (χ0n) is 24.0. The minimum atomic E-state index is -4.54. The molecule has 0 radical (unpaired) electrons. The summed E-state index contributed by atoms with van der Waals surface area (Å²) < 4.78 is 26.8. The van der Waals surface area contributed by atoms with E-state index in [1.54, 1.807) is 12.1 Å². The number of aliphatic hydroxyl groups is 1. The number of carboxylic acids is 1. The summed E-state index contributed by atoms with van der Waals surface area (Å²) in [6.45, 7) is 3.83. The molecule has 0 aliphatic rings. The number of carbonyl (C=O) groups excluding carboxylic acids is 1. The maximum Gasteiger partial charge on any atom is 1.00 e. The number of nitrogens with zero attached hydrogens (tertiary/aromatic N) is 1. The van der Waals surface area contributed by atoms with Crippen LogP contribution in [0.25, 0.3) is 33.5 Å². The van der Waals surface area contributed by atoms with Crippen molar-refractivity contribution in [2.24, 2.45) is 0 Å². The first kappa shape index (κ1) is 36.1. The Balaban J connectivity index is 0.00000308. The van der Waals surface area contributed by atoms with Crippen LogP contribution in [0.2, 0.25) is 0 Å². The predicted octanol–water partition coefficient (Wildman–Crippen LogP) is -1.20. The average Bonchev–Trinajstić information content (AvgIpc) is 2.91. The van der Waals surface area contributed by atoms with Crippen LogP contribution in [-0.4, -0.2) is 28.3 Å². The van der Waals surface area contributed by atoms with E-state index in [-0.39, 0.29) is 65.0 Å². The van der Waals surface area contributed by atoms with Crippen LogP contribution in [0, 0.1) is 17.4 Å². The van der Waals surface area contributed by atoms with Gasteiger partial charge >= 0.3 is 59.1 Å². The van der Waals surface area contributed by atoms with Crippen LogP contribution in [0.3, 0.4) is 0 Å². The van der Waals surface area contributed by atoms with E-state index in [1.807, 2.05) is 74.5 Å². The van der Waals surface area contributed by atoms with Crippen molar-refractivity contribution < 1.29 is 88.0 Å². The number of hydrogen-bond donors (Lipinski definition) is 1. The van der Waals surface area contributed by atoms with E-state index >= 15 is 0 Å². The SMILES string of the molecule is CC(C)c1nc(-c2ccccc2)c(-c2ccccc2)c(-c2ccc(F)cc2)c1C#CP(=O)([O-])C[C@H](O)CC(=O)[O-].[Na+].[Na+]. The molecule has 1 aromatic heterocycles. The molecule has 3 aromatic carbocycles. The molecule has 42 heavy (non-hydrogen) atoms. The number of rotatable bonds is 8. The minimum Gasteiger partial charge on any atom is -0.790 e. The monoisotopic (exact) mass is 601 g/mol. The van der Waals surface area contributed by atoms with Crippen molar-refractivity contribution in [3.8, 4) is 45.1 Å². The Hall–Kier alpha value is -2.08. The second kappa shape index (κ2) is 16.1. The van der Waals surface area contributed by atoms with E-state index in [4.69, 9.17) is 4.98 Å². The zero-order chi connectivity index (χ0) is 28.9. The molecule has 4 aromatic rings. The number of benzene rings is 3. The first-order valence-electron chi connectivity index (χ1n) is 12.7. The number of pyridine rings is 1. The van der Waals surface area contributed by atoms with Crippen molar-refractivity contribution in [1.29, 1.82) is 0 Å². The Bertz CT molecular complexity index is 1620. The molecule has 0 aliphatic carbocycles. The topological polar surface area (TPSA) is 113 Å². The van der Waals surface area contributed by atoms with Gasteiger partial charge < -0.3 is 24.5 Å². The third kappa shape index (κ3) is 9.21. The van der Waals surface area contributed by atoms with Crippen LogP contribution in [-0.2, 0) is 9.36 Å². The van der Waals surface area contributed by atoms with E-state index in [1.165, 1.54) is 12.1 Å². The smallest absolute Gasteiger partial charge is 0.790 e. The summed E-state index contributed by atoms with van der Waals surface area (Å²) in [6, 6.07) is 24.9. The van der Waals surface area contributed by atoms with Crippen molar-refractivity contribution in [3.63, 3.8) is 0 Å². The number of aliphatic hydroxyl groups excluding tert-OH is 1. The largest absolute Gasteiger partial charge is 1.00 e. The third-order valence-corrected chi connectivity index (χ3v) is 7.57. The van der Waals surface area contributed by atoms with Crippen LogP contribution < -0.4 is 69.1 Å². The normalized spacial score (nSPS) is 12.6. The van der Waals surface area contributed by atoms with E-state index in [2.05, 4.69) is 11.6 Å². The van der Waals surface area contributed by atoms with E-state index in [0.29, 0.717) is 33.6 Å². The molecule has 1 N–H and O–H groups in total. The van der Waals surface area contributed by atoms with Gasteiger partial charge in [-0.1, -0.05) is 92.6 Å². The first-order chi connectivity index (χ1) is 19.1. The molecular weight excluding hydrogens is 574 g/mol. The van der Waals surface area contributed by atoms with Gasteiger partial charge in [0.05, 0.1) is 30.4 Å². The van der Waals surface area contributed by atoms with Crippen LogP contribution in [0.15, 0.2) is 84.9 Å². The molecule has 0 fully saturated rings. The van der Waals surface area contributed by atoms with Crippen LogP contribution in [0.5, 0.6) is 0 Å². The summed E-state index contributed by atoms with van der Waals surface area (Å²) in [5.74, 6) is 0.646. The standard InChI is InChI=1S/C32H29FNO5P.2Na/c1-21(2)31-27(17-18-40(38,39)20-26(35)19-28(36)37)29(23-13-15-25(33)16-14-23)30(22-9-5-3-6-10-22)32(34-31)24-11-7-4-8-12-24;;/h3-16,21,26,35H,19-20H2,1-2H3,(H,36,37)(H,38,39);;/q;2*+1/p-2/t26-;;/m1../s1. The maximum atomic E-state index is 14.0. The van der Waals surface area contributed by atoms with Gasteiger partial charge in [0.25, 0.3) is 0 Å². The Kier molecular flexibility index (Phi) is 13.9. The third-order valence-electron chi connectivity index (χ3n) is 6.22. The van der Waals surface area contributed by atoms with E-state index in [9.17, 15) is 28.9 Å². The summed E-state index contributed by atoms with van der Waals surface area (Å²) >= 11 is 0. The molecule has 2 atom stereocenters. The van der Waals surface area contributed by atoms with Gasteiger partial charge in [-0.05, 0) is 34.8 Å². The fraction of sp³-hybridized carbons (Fsp3) is 0.188. The van der Waals surface area contributed by atoms with Crippen molar-refractivity contribution in [1.82, 2.24) is 4.98 Å². The molecule has 204 valence electrons. The summed E-state index contributed by atoms with van der Waals surface area (Å²) in [4.78, 5) is 28.7. The number of aliphatic carboxylic acids is 1. The van der Waals surface area contributed by atoms with Crippen molar-refractivity contribution in [3.05, 3.63) is 102 Å². The van der Waals surface area contributed by atoms with Gasteiger partial charge in [0.1, 0.15) is 5.82 Å². The summed E-state index contributed by atoms with van der Waals surface area (Å²) in [5, 5.41) is 20.7. The van der Waals surface area contributed by atoms with Gasteiger partial charge in [-0.25, -0.2) is 4.39 Å². The molecule has 0 bridgehead atoms. The van der Waals surface area contributed by atoms with E-state index < -0.39 is 37.8 Å². The summed E-state index contributed by atoms with van der Waals surface area (Å²) in [6.07, 6.45) is -3.31. The van der Waals surface area contributed by atoms with Gasteiger partial charge in [0.15, 0.2) is 0 Å². The molecule has 4 rings (SSSR count). The Morgan fingerprint density at radius 3 is 1.95 bits per heavy atom.